The Hall–Kier alpha value is -1.53. The van der Waals surface area contributed by atoms with Crippen LogP contribution in [0.3, 0.4) is 0 Å². The number of hydrogen-bond donors (Lipinski definition) is 9. The molecule has 9 N–H and O–H groups in total. The van der Waals surface area contributed by atoms with Gasteiger partial charge in [0.05, 0.1) is 32.0 Å². The monoisotopic (exact) mass is 958 g/mol. The van der Waals surface area contributed by atoms with Gasteiger partial charge < -0.3 is 65.1 Å². The van der Waals surface area contributed by atoms with Crippen LogP contribution in [0.15, 0.2) is 24.3 Å². The Morgan fingerprint density at radius 3 is 1.42 bits per heavy atom. The van der Waals surface area contributed by atoms with E-state index in [9.17, 15) is 45.6 Å². The molecule has 14 nitrogen and oxygen atoms in total. The second-order valence-corrected chi connectivity index (χ2v) is 19.4. The van der Waals surface area contributed by atoms with Gasteiger partial charge in [-0.3, -0.25) is 4.79 Å². The second kappa shape index (κ2) is 40.1. The molecule has 0 bridgehead atoms. The number of nitrogens with one attached hydrogen (secondary N) is 1. The van der Waals surface area contributed by atoms with Crippen molar-refractivity contribution in [2.45, 2.75) is 286 Å². The molecule has 14 heteroatoms. The van der Waals surface area contributed by atoms with E-state index in [4.69, 9.17) is 18.9 Å². The van der Waals surface area contributed by atoms with Crippen molar-refractivity contribution in [3.63, 3.8) is 0 Å². The van der Waals surface area contributed by atoms with Crippen LogP contribution >= 0.6 is 0 Å². The standard InChI is InChI=1S/C53H99NO13/c1-3-5-7-9-11-13-15-17-18-19-20-21-22-23-24-25-27-29-31-33-35-37-45(58)54-41(42(57)36-34-32-30-28-26-16-14-12-10-8-6-4-2)40-64-52-50(63)48(61)51(44(39-56)66-52)67-53-49(62)47(60)46(59)43(38-55)65-53/h19-20,34,36,41-44,46-53,55-57,59-63H,3-18,21-33,35,37-40H2,1-2H3,(H,54,58)/b20-19-,36-34+. The van der Waals surface area contributed by atoms with Gasteiger partial charge in [0.2, 0.25) is 5.91 Å². The lowest BCUT2D eigenvalue weighted by Gasteiger charge is -2.46. The summed E-state index contributed by atoms with van der Waals surface area (Å²) in [4.78, 5) is 13.2. The van der Waals surface area contributed by atoms with Crippen molar-refractivity contribution in [2.75, 3.05) is 19.8 Å². The number of carbonyl (C=O) groups excluding carboxylic acids is 1. The highest BCUT2D eigenvalue weighted by Gasteiger charge is 2.51. The normalized spacial score (nSPS) is 26.7. The lowest BCUT2D eigenvalue weighted by atomic mass is 9.97. The molecule has 0 aromatic heterocycles. The Morgan fingerprint density at radius 1 is 0.522 bits per heavy atom. The quantitative estimate of drug-likeness (QED) is 0.0211. The summed E-state index contributed by atoms with van der Waals surface area (Å²) in [5, 5.41) is 86.8. The fourth-order valence-corrected chi connectivity index (χ4v) is 8.93. The van der Waals surface area contributed by atoms with E-state index in [0.717, 1.165) is 38.5 Å². The largest absolute Gasteiger partial charge is 0.394 e. The number of allylic oxidation sites excluding steroid dienone is 3. The maximum atomic E-state index is 13.2. The van der Waals surface area contributed by atoms with Gasteiger partial charge in [-0.15, -0.1) is 0 Å². The summed E-state index contributed by atoms with van der Waals surface area (Å²) < 4.78 is 22.7. The molecule has 394 valence electrons. The summed E-state index contributed by atoms with van der Waals surface area (Å²) in [5.74, 6) is -0.242. The molecule has 2 rings (SSSR count). The minimum atomic E-state index is -1.79. The lowest BCUT2D eigenvalue weighted by Crippen LogP contribution is -2.65. The van der Waals surface area contributed by atoms with E-state index < -0.39 is 86.8 Å². The lowest BCUT2D eigenvalue weighted by molar-refractivity contribution is -0.359. The number of ether oxygens (including phenoxy) is 4. The summed E-state index contributed by atoms with van der Waals surface area (Å²) in [6.45, 7) is 2.78. The third-order valence-electron chi connectivity index (χ3n) is 13.4. The molecule has 2 aliphatic rings. The molecule has 12 atom stereocenters. The highest BCUT2D eigenvalue weighted by atomic mass is 16.7. The second-order valence-electron chi connectivity index (χ2n) is 19.4. The van der Waals surface area contributed by atoms with Gasteiger partial charge in [-0.05, 0) is 44.9 Å². The zero-order chi connectivity index (χ0) is 48.9. The summed E-state index contributed by atoms with van der Waals surface area (Å²) in [5.41, 5.74) is 0. The molecule has 0 spiro atoms. The number of carbonyl (C=O) groups is 1. The minimum Gasteiger partial charge on any atom is -0.394 e. The zero-order valence-electron chi connectivity index (χ0n) is 41.9. The Labute approximate surface area is 405 Å². The molecular formula is C53H99NO13. The topological polar surface area (TPSA) is 228 Å². The van der Waals surface area contributed by atoms with Gasteiger partial charge >= 0.3 is 0 Å². The fraction of sp³-hybridized carbons (Fsp3) is 0.906. The van der Waals surface area contributed by atoms with Gasteiger partial charge in [-0.1, -0.05) is 186 Å². The van der Waals surface area contributed by atoms with Crippen LogP contribution in [0, 0.1) is 0 Å². The first-order valence-corrected chi connectivity index (χ1v) is 27.1. The summed E-state index contributed by atoms with van der Waals surface area (Å²) in [7, 11) is 0. The van der Waals surface area contributed by atoms with Crippen molar-refractivity contribution in [3.8, 4) is 0 Å². The first-order chi connectivity index (χ1) is 32.6. The average molecular weight is 958 g/mol. The van der Waals surface area contributed by atoms with E-state index in [-0.39, 0.29) is 18.9 Å². The maximum absolute atomic E-state index is 13.2. The summed E-state index contributed by atoms with van der Waals surface area (Å²) >= 11 is 0. The van der Waals surface area contributed by atoms with Gasteiger partial charge in [-0.2, -0.15) is 0 Å². The van der Waals surface area contributed by atoms with Crippen molar-refractivity contribution in [1.82, 2.24) is 5.32 Å². The molecular weight excluding hydrogens is 859 g/mol. The molecule has 2 heterocycles. The Morgan fingerprint density at radius 2 is 0.940 bits per heavy atom. The molecule has 0 saturated carbocycles. The molecule has 2 aliphatic heterocycles. The van der Waals surface area contributed by atoms with Gasteiger partial charge in [0.15, 0.2) is 12.6 Å². The number of aliphatic hydroxyl groups excluding tert-OH is 8. The third-order valence-corrected chi connectivity index (χ3v) is 13.4. The molecule has 1 amide bonds. The van der Waals surface area contributed by atoms with Gasteiger partial charge in [0.1, 0.15) is 48.8 Å². The first kappa shape index (κ1) is 61.6. The van der Waals surface area contributed by atoms with Gasteiger partial charge in [-0.25, -0.2) is 0 Å². The highest BCUT2D eigenvalue weighted by Crippen LogP contribution is 2.30. The van der Waals surface area contributed by atoms with Crippen molar-refractivity contribution in [2.24, 2.45) is 0 Å². The zero-order valence-corrected chi connectivity index (χ0v) is 41.9. The molecule has 2 saturated heterocycles. The van der Waals surface area contributed by atoms with Crippen LogP contribution in [-0.2, 0) is 23.7 Å². The van der Waals surface area contributed by atoms with E-state index in [2.05, 4.69) is 31.3 Å². The number of unbranched alkanes of at least 4 members (excludes halogenated alkanes) is 27. The number of amides is 1. The first-order valence-electron chi connectivity index (χ1n) is 27.1. The van der Waals surface area contributed by atoms with Gasteiger partial charge in [0.25, 0.3) is 0 Å². The summed E-state index contributed by atoms with van der Waals surface area (Å²) in [6.07, 6.45) is 27.9. The van der Waals surface area contributed by atoms with Crippen LogP contribution in [0.1, 0.15) is 213 Å². The number of aliphatic hydroxyl groups is 8. The predicted molar refractivity (Wildman–Crippen MR) is 263 cm³/mol. The SMILES string of the molecule is CCCCCCCCCC/C=C\CCCCCCCCCCCC(=O)NC(COC1OC(CO)C(OC2OC(CO)C(O)C(O)C2O)C(O)C1O)C(O)/C=C/CCCCCCCCCCCC. The number of hydrogen-bond acceptors (Lipinski definition) is 13. The summed E-state index contributed by atoms with van der Waals surface area (Å²) in [6, 6.07) is -0.912. The Bertz CT molecular complexity index is 1220. The van der Waals surface area contributed by atoms with Crippen LogP contribution in [0.2, 0.25) is 0 Å². The molecule has 0 aliphatic carbocycles. The van der Waals surface area contributed by atoms with Crippen molar-refractivity contribution >= 4 is 5.91 Å². The molecule has 0 aromatic rings. The maximum Gasteiger partial charge on any atom is 0.220 e. The van der Waals surface area contributed by atoms with Crippen LogP contribution < -0.4 is 5.32 Å². The third kappa shape index (κ3) is 27.0. The van der Waals surface area contributed by atoms with Crippen molar-refractivity contribution < 1.29 is 64.6 Å². The van der Waals surface area contributed by atoms with E-state index in [1.165, 1.54) is 148 Å². The fourth-order valence-electron chi connectivity index (χ4n) is 8.93. The van der Waals surface area contributed by atoms with E-state index >= 15 is 0 Å². The minimum absolute atomic E-state index is 0.242. The highest BCUT2D eigenvalue weighted by molar-refractivity contribution is 5.76. The smallest absolute Gasteiger partial charge is 0.220 e. The predicted octanol–water partition coefficient (Wildman–Crippen LogP) is 7.72. The average Bonchev–Trinajstić information content (AvgIpc) is 3.32. The van der Waals surface area contributed by atoms with Gasteiger partial charge in [0, 0.05) is 6.42 Å². The van der Waals surface area contributed by atoms with Crippen LogP contribution in [0.5, 0.6) is 0 Å². The van der Waals surface area contributed by atoms with Crippen LogP contribution in [0.4, 0.5) is 0 Å². The van der Waals surface area contributed by atoms with Crippen LogP contribution in [-0.4, -0.2) is 140 Å². The molecule has 67 heavy (non-hydrogen) atoms. The van der Waals surface area contributed by atoms with Crippen molar-refractivity contribution in [1.29, 1.82) is 0 Å². The number of rotatable bonds is 42. The van der Waals surface area contributed by atoms with E-state index in [0.29, 0.717) is 6.42 Å². The Kier molecular flexibility index (Phi) is 36.9. The van der Waals surface area contributed by atoms with Crippen LogP contribution in [0.25, 0.3) is 0 Å². The van der Waals surface area contributed by atoms with E-state index in [1.54, 1.807) is 6.08 Å². The molecule has 2 fully saturated rings. The molecule has 0 aromatic carbocycles. The molecule has 12 unspecified atom stereocenters. The molecule has 0 radical (unpaired) electrons. The van der Waals surface area contributed by atoms with E-state index in [1.807, 2.05) is 6.08 Å². The Balaban J connectivity index is 1.79. The van der Waals surface area contributed by atoms with Crippen molar-refractivity contribution in [3.05, 3.63) is 24.3 Å².